The van der Waals surface area contributed by atoms with Gasteiger partial charge in [0.2, 0.25) is 5.91 Å². The molecule has 0 unspecified atom stereocenters. The Balaban J connectivity index is 1.59. The Morgan fingerprint density at radius 3 is 2.75 bits per heavy atom. The molecule has 6 nitrogen and oxygen atoms in total. The molecule has 0 saturated heterocycles. The molecule has 3 aromatic heterocycles. The molecule has 32 heavy (non-hydrogen) atoms. The number of furan rings is 1. The molecule has 0 spiro atoms. The molecule has 0 fully saturated rings. The number of allylic oxidation sites excluding steroid dienone is 1. The van der Waals surface area contributed by atoms with E-state index in [-0.39, 0.29) is 17.2 Å². The van der Waals surface area contributed by atoms with Crippen LogP contribution < -0.4 is 5.56 Å². The van der Waals surface area contributed by atoms with Gasteiger partial charge < -0.3 is 9.32 Å². The molecule has 0 N–H and O–H groups in total. The topological polar surface area (TPSA) is 68.3 Å². The number of thioether (sulfide) groups is 1. The second-order valence-corrected chi connectivity index (χ2v) is 9.15. The Kier molecular flexibility index (Phi) is 6.62. The van der Waals surface area contributed by atoms with Crippen LogP contribution in [-0.4, -0.2) is 33.2 Å². The van der Waals surface area contributed by atoms with Crippen LogP contribution in [0.5, 0.6) is 0 Å². The lowest BCUT2D eigenvalue weighted by molar-refractivity contribution is -0.127. The first-order chi connectivity index (χ1) is 15.5. The number of thiophene rings is 1. The van der Waals surface area contributed by atoms with E-state index in [4.69, 9.17) is 9.40 Å². The third-order valence-corrected chi connectivity index (χ3v) is 6.83. The van der Waals surface area contributed by atoms with Gasteiger partial charge in [-0.05, 0) is 24.6 Å². The van der Waals surface area contributed by atoms with E-state index in [0.717, 1.165) is 22.6 Å². The number of carbonyl (C=O) groups is 1. The first-order valence-electron chi connectivity index (χ1n) is 10.1. The van der Waals surface area contributed by atoms with Gasteiger partial charge in [0.1, 0.15) is 16.4 Å². The molecule has 164 valence electrons. The fourth-order valence-corrected chi connectivity index (χ4v) is 5.30. The Morgan fingerprint density at radius 2 is 2.06 bits per heavy atom. The summed E-state index contributed by atoms with van der Waals surface area (Å²) >= 11 is 2.70. The average Bonchev–Trinajstić information content (AvgIpc) is 3.41. The van der Waals surface area contributed by atoms with Crippen molar-refractivity contribution in [2.45, 2.75) is 25.2 Å². The van der Waals surface area contributed by atoms with Gasteiger partial charge in [0, 0.05) is 24.5 Å². The van der Waals surface area contributed by atoms with Gasteiger partial charge in [-0.15, -0.1) is 17.9 Å². The number of hydrogen-bond acceptors (Lipinski definition) is 6. The molecule has 1 aromatic carbocycles. The van der Waals surface area contributed by atoms with E-state index >= 15 is 0 Å². The van der Waals surface area contributed by atoms with E-state index in [1.54, 1.807) is 22.6 Å². The first kappa shape index (κ1) is 22.1. The number of aryl methyl sites for hydroxylation is 1. The highest BCUT2D eigenvalue weighted by molar-refractivity contribution is 7.99. The van der Waals surface area contributed by atoms with Crippen molar-refractivity contribution in [3.8, 4) is 11.1 Å². The first-order valence-corrected chi connectivity index (χ1v) is 11.9. The van der Waals surface area contributed by atoms with Crippen LogP contribution in [0, 0.1) is 6.92 Å². The number of aromatic nitrogens is 2. The van der Waals surface area contributed by atoms with Gasteiger partial charge in [-0.25, -0.2) is 4.98 Å². The minimum Gasteiger partial charge on any atom is -0.464 e. The number of hydrogen-bond donors (Lipinski definition) is 0. The van der Waals surface area contributed by atoms with Gasteiger partial charge in [-0.2, -0.15) is 0 Å². The molecule has 0 saturated carbocycles. The highest BCUT2D eigenvalue weighted by atomic mass is 32.2. The maximum absolute atomic E-state index is 13.4. The maximum atomic E-state index is 13.4. The Bertz CT molecular complexity index is 1320. The molecule has 0 aliphatic heterocycles. The van der Waals surface area contributed by atoms with Crippen molar-refractivity contribution in [3.63, 3.8) is 0 Å². The largest absolute Gasteiger partial charge is 0.464 e. The number of benzene rings is 1. The zero-order chi connectivity index (χ0) is 22.7. The molecule has 0 bridgehead atoms. The van der Waals surface area contributed by atoms with Gasteiger partial charge >= 0.3 is 0 Å². The zero-order valence-corrected chi connectivity index (χ0v) is 19.5. The van der Waals surface area contributed by atoms with Crippen molar-refractivity contribution in [1.29, 1.82) is 0 Å². The molecule has 0 aliphatic carbocycles. The molecule has 1 amide bonds. The van der Waals surface area contributed by atoms with E-state index in [1.165, 1.54) is 23.1 Å². The molecular formula is C24H23N3O3S2. The van der Waals surface area contributed by atoms with Crippen LogP contribution in [0.2, 0.25) is 0 Å². The summed E-state index contributed by atoms with van der Waals surface area (Å²) in [6.07, 6.45) is 1.67. The van der Waals surface area contributed by atoms with Crippen LogP contribution in [0.3, 0.4) is 0 Å². The van der Waals surface area contributed by atoms with Crippen molar-refractivity contribution in [1.82, 2.24) is 14.5 Å². The molecule has 4 rings (SSSR count). The molecular weight excluding hydrogens is 442 g/mol. The SMILES string of the molecule is C=CCn1c(SCC(=O)N(C)Cc2ccc(C)o2)nc2scc(-c3ccccc3)c2c1=O. The zero-order valence-electron chi connectivity index (χ0n) is 17.9. The number of nitrogens with zero attached hydrogens (tertiary/aromatic N) is 3. The Morgan fingerprint density at radius 1 is 1.28 bits per heavy atom. The molecule has 8 heteroatoms. The summed E-state index contributed by atoms with van der Waals surface area (Å²) in [5.74, 6) is 1.65. The normalized spacial score (nSPS) is 11.1. The fraction of sp³-hybridized carbons (Fsp3) is 0.208. The van der Waals surface area contributed by atoms with Gasteiger partial charge in [-0.1, -0.05) is 48.2 Å². The van der Waals surface area contributed by atoms with E-state index in [9.17, 15) is 9.59 Å². The average molecular weight is 466 g/mol. The lowest BCUT2D eigenvalue weighted by atomic mass is 10.1. The van der Waals surface area contributed by atoms with E-state index in [1.807, 2.05) is 54.8 Å². The highest BCUT2D eigenvalue weighted by Crippen LogP contribution is 2.32. The summed E-state index contributed by atoms with van der Waals surface area (Å²) < 4.78 is 7.14. The summed E-state index contributed by atoms with van der Waals surface area (Å²) in [7, 11) is 1.74. The van der Waals surface area contributed by atoms with Crippen molar-refractivity contribution in [3.05, 3.63) is 82.4 Å². The fourth-order valence-electron chi connectivity index (χ4n) is 3.36. The van der Waals surface area contributed by atoms with Crippen LogP contribution in [0.4, 0.5) is 0 Å². The second kappa shape index (κ2) is 9.58. The van der Waals surface area contributed by atoms with Crippen molar-refractivity contribution < 1.29 is 9.21 Å². The summed E-state index contributed by atoms with van der Waals surface area (Å²) in [4.78, 5) is 33.0. The standard InChI is InChI=1S/C24H23N3O3S2/c1-4-12-27-23(29)21-19(17-8-6-5-7-9-17)14-31-22(21)25-24(27)32-15-20(28)26(3)13-18-11-10-16(2)30-18/h4-11,14H,1,12-13,15H2,2-3H3. The summed E-state index contributed by atoms with van der Waals surface area (Å²) in [5.41, 5.74) is 1.74. The maximum Gasteiger partial charge on any atom is 0.263 e. The Labute approximate surface area is 194 Å². The van der Waals surface area contributed by atoms with Gasteiger partial charge in [0.15, 0.2) is 5.16 Å². The number of fused-ring (bicyclic) bond motifs is 1. The lowest BCUT2D eigenvalue weighted by Gasteiger charge is -2.16. The number of carbonyl (C=O) groups excluding carboxylic acids is 1. The predicted octanol–water partition coefficient (Wildman–Crippen LogP) is 4.96. The van der Waals surface area contributed by atoms with Crippen LogP contribution in [0.1, 0.15) is 11.5 Å². The van der Waals surface area contributed by atoms with Crippen LogP contribution in [-0.2, 0) is 17.9 Å². The van der Waals surface area contributed by atoms with Crippen LogP contribution >= 0.6 is 23.1 Å². The minimum absolute atomic E-state index is 0.0697. The molecule has 4 aromatic rings. The van der Waals surface area contributed by atoms with E-state index in [0.29, 0.717) is 28.5 Å². The lowest BCUT2D eigenvalue weighted by Crippen LogP contribution is -2.28. The van der Waals surface area contributed by atoms with Gasteiger partial charge in [0.25, 0.3) is 5.56 Å². The van der Waals surface area contributed by atoms with Gasteiger partial charge in [0.05, 0.1) is 17.7 Å². The van der Waals surface area contributed by atoms with Crippen molar-refractivity contribution in [2.75, 3.05) is 12.8 Å². The summed E-state index contributed by atoms with van der Waals surface area (Å²) in [5, 5.41) is 3.08. The Hall–Kier alpha value is -3.10. The van der Waals surface area contributed by atoms with Crippen LogP contribution in [0.15, 0.2) is 74.9 Å². The molecule has 3 heterocycles. The number of rotatable bonds is 8. The smallest absolute Gasteiger partial charge is 0.263 e. The van der Waals surface area contributed by atoms with Gasteiger partial charge in [-0.3, -0.25) is 14.2 Å². The van der Waals surface area contributed by atoms with Crippen LogP contribution in [0.25, 0.3) is 21.3 Å². The third kappa shape index (κ3) is 4.56. The van der Waals surface area contributed by atoms with Crippen molar-refractivity contribution >= 4 is 39.2 Å². The predicted molar refractivity (Wildman–Crippen MR) is 130 cm³/mol. The third-order valence-electron chi connectivity index (χ3n) is 4.99. The summed E-state index contributed by atoms with van der Waals surface area (Å²) in [6.45, 7) is 6.37. The highest BCUT2D eigenvalue weighted by Gasteiger charge is 2.19. The monoisotopic (exact) mass is 465 g/mol. The number of amides is 1. The molecule has 0 aliphatic rings. The summed E-state index contributed by atoms with van der Waals surface area (Å²) in [6, 6.07) is 13.6. The minimum atomic E-state index is -0.121. The second-order valence-electron chi connectivity index (χ2n) is 7.35. The molecule has 0 atom stereocenters. The van der Waals surface area contributed by atoms with E-state index < -0.39 is 0 Å². The van der Waals surface area contributed by atoms with Crippen molar-refractivity contribution in [2.24, 2.45) is 0 Å². The van der Waals surface area contributed by atoms with E-state index in [2.05, 4.69) is 6.58 Å². The quantitative estimate of drug-likeness (QED) is 0.209. The molecule has 0 radical (unpaired) electrons.